The normalized spacial score (nSPS) is 10.9. The van der Waals surface area contributed by atoms with Gasteiger partial charge in [0.2, 0.25) is 0 Å². The van der Waals surface area contributed by atoms with E-state index in [1.807, 2.05) is 19.1 Å². The lowest BCUT2D eigenvalue weighted by molar-refractivity contribution is 0.412. The molecule has 0 fully saturated rings. The predicted molar refractivity (Wildman–Crippen MR) is 87.9 cm³/mol. The highest BCUT2D eigenvalue weighted by molar-refractivity contribution is 7.19. The van der Waals surface area contributed by atoms with Crippen molar-refractivity contribution in [3.05, 3.63) is 40.5 Å². The van der Waals surface area contributed by atoms with Gasteiger partial charge in [-0.3, -0.25) is 0 Å². The highest BCUT2D eigenvalue weighted by atomic mass is 32.1. The summed E-state index contributed by atoms with van der Waals surface area (Å²) in [6, 6.07) is 6.04. The second kappa shape index (κ2) is 5.33. The molecule has 1 N–H and O–H groups in total. The number of nitrogens with one attached hydrogen (secondary N) is 1. The number of aromatic nitrogens is 2. The van der Waals surface area contributed by atoms with Crippen molar-refractivity contribution in [1.29, 1.82) is 0 Å². The first-order valence-electron chi connectivity index (χ1n) is 6.73. The minimum atomic E-state index is 0.792. The lowest BCUT2D eigenvalue weighted by atomic mass is 10.1. The lowest BCUT2D eigenvalue weighted by Crippen LogP contribution is -1.99. The Balaban J connectivity index is 2.10. The van der Waals surface area contributed by atoms with Gasteiger partial charge in [-0.25, -0.2) is 9.97 Å². The zero-order valence-electron chi connectivity index (χ0n) is 12.5. The van der Waals surface area contributed by atoms with Crippen LogP contribution in [0.2, 0.25) is 0 Å². The van der Waals surface area contributed by atoms with Crippen LogP contribution in [0.15, 0.2) is 24.4 Å². The van der Waals surface area contributed by atoms with Crippen molar-refractivity contribution in [1.82, 2.24) is 9.97 Å². The van der Waals surface area contributed by atoms with Crippen molar-refractivity contribution in [2.45, 2.75) is 20.8 Å². The summed E-state index contributed by atoms with van der Waals surface area (Å²) < 4.78 is 6.49. The second-order valence-corrected chi connectivity index (χ2v) is 6.16. The molecule has 0 amide bonds. The molecule has 1 aromatic carbocycles. The van der Waals surface area contributed by atoms with E-state index in [1.165, 1.54) is 5.56 Å². The van der Waals surface area contributed by atoms with Crippen LogP contribution in [0.1, 0.15) is 16.1 Å². The van der Waals surface area contributed by atoms with E-state index < -0.39 is 0 Å². The quantitative estimate of drug-likeness (QED) is 0.780. The third kappa shape index (κ3) is 2.45. The van der Waals surface area contributed by atoms with E-state index in [0.717, 1.165) is 38.0 Å². The SMILES string of the molecule is COc1ccc(C)c(Nc2ccnc3nc(C)sc23)c1C. The molecule has 2 heterocycles. The van der Waals surface area contributed by atoms with E-state index in [-0.39, 0.29) is 0 Å². The predicted octanol–water partition coefficient (Wildman–Crippen LogP) is 4.37. The summed E-state index contributed by atoms with van der Waals surface area (Å²) in [7, 11) is 1.69. The summed E-state index contributed by atoms with van der Waals surface area (Å²) in [5.41, 5.74) is 5.18. The van der Waals surface area contributed by atoms with Crippen LogP contribution in [0.3, 0.4) is 0 Å². The molecule has 5 heteroatoms. The number of aryl methyl sites for hydroxylation is 2. The van der Waals surface area contributed by atoms with E-state index >= 15 is 0 Å². The molecule has 3 aromatic rings. The number of nitrogens with zero attached hydrogens (tertiary/aromatic N) is 2. The fraction of sp³-hybridized carbons (Fsp3) is 0.250. The van der Waals surface area contributed by atoms with Crippen molar-refractivity contribution >= 4 is 33.1 Å². The van der Waals surface area contributed by atoms with Crippen LogP contribution >= 0.6 is 11.3 Å². The summed E-state index contributed by atoms with van der Waals surface area (Å²) in [5.74, 6) is 0.883. The van der Waals surface area contributed by atoms with Gasteiger partial charge in [0.15, 0.2) is 5.65 Å². The maximum Gasteiger partial charge on any atom is 0.172 e. The van der Waals surface area contributed by atoms with Gasteiger partial charge in [0.25, 0.3) is 0 Å². The molecular weight excluding hydrogens is 282 g/mol. The van der Waals surface area contributed by atoms with Gasteiger partial charge in [-0.15, -0.1) is 11.3 Å². The molecule has 0 bridgehead atoms. The van der Waals surface area contributed by atoms with Gasteiger partial charge < -0.3 is 10.1 Å². The average Bonchev–Trinajstić information content (AvgIpc) is 2.84. The van der Waals surface area contributed by atoms with E-state index in [1.54, 1.807) is 24.6 Å². The summed E-state index contributed by atoms with van der Waals surface area (Å²) in [4.78, 5) is 8.75. The van der Waals surface area contributed by atoms with Crippen LogP contribution in [-0.4, -0.2) is 17.1 Å². The van der Waals surface area contributed by atoms with Crippen LogP contribution in [0.4, 0.5) is 11.4 Å². The summed E-state index contributed by atoms with van der Waals surface area (Å²) in [5, 5.41) is 4.54. The van der Waals surface area contributed by atoms with Gasteiger partial charge >= 0.3 is 0 Å². The topological polar surface area (TPSA) is 47.0 Å². The minimum absolute atomic E-state index is 0.792. The Bertz CT molecular complexity index is 811. The molecule has 2 aromatic heterocycles. The maximum absolute atomic E-state index is 5.41. The van der Waals surface area contributed by atoms with Crippen molar-refractivity contribution < 1.29 is 4.74 Å². The standard InChI is InChI=1S/C16H17N3OS/c1-9-5-6-13(20-4)10(2)14(9)19-12-7-8-17-16-15(12)21-11(3)18-16/h5-8H,1-4H3,(H,17,19). The first-order valence-corrected chi connectivity index (χ1v) is 7.55. The molecule has 21 heavy (non-hydrogen) atoms. The Morgan fingerprint density at radius 1 is 1.14 bits per heavy atom. The zero-order chi connectivity index (χ0) is 15.0. The van der Waals surface area contributed by atoms with Crippen LogP contribution in [0.5, 0.6) is 5.75 Å². The van der Waals surface area contributed by atoms with Crippen LogP contribution < -0.4 is 10.1 Å². The monoisotopic (exact) mass is 299 g/mol. The average molecular weight is 299 g/mol. The molecule has 0 aliphatic rings. The number of methoxy groups -OCH3 is 1. The summed E-state index contributed by atoms with van der Waals surface area (Å²) in [6.45, 7) is 6.15. The number of hydrogen-bond acceptors (Lipinski definition) is 5. The Morgan fingerprint density at radius 3 is 2.71 bits per heavy atom. The third-order valence-electron chi connectivity index (χ3n) is 3.50. The van der Waals surface area contributed by atoms with E-state index in [4.69, 9.17) is 4.74 Å². The first-order chi connectivity index (χ1) is 10.1. The maximum atomic E-state index is 5.41. The van der Waals surface area contributed by atoms with Crippen LogP contribution in [-0.2, 0) is 0 Å². The molecule has 0 saturated heterocycles. The zero-order valence-corrected chi connectivity index (χ0v) is 13.3. The number of fused-ring (bicyclic) bond motifs is 1. The van der Waals surface area contributed by atoms with Crippen molar-refractivity contribution in [3.8, 4) is 5.75 Å². The van der Waals surface area contributed by atoms with Gasteiger partial charge in [-0.2, -0.15) is 0 Å². The van der Waals surface area contributed by atoms with Gasteiger partial charge in [0.05, 0.1) is 22.5 Å². The number of ether oxygens (including phenoxy) is 1. The number of rotatable bonds is 3. The fourth-order valence-corrected chi connectivity index (χ4v) is 3.26. The third-order valence-corrected chi connectivity index (χ3v) is 4.50. The molecule has 0 spiro atoms. The Hall–Kier alpha value is -2.14. The molecule has 0 saturated carbocycles. The molecule has 0 unspecified atom stereocenters. The molecule has 0 aliphatic carbocycles. The second-order valence-electron chi connectivity index (χ2n) is 4.95. The summed E-state index contributed by atoms with van der Waals surface area (Å²) in [6.07, 6.45) is 1.79. The largest absolute Gasteiger partial charge is 0.496 e. The molecule has 0 radical (unpaired) electrons. The highest BCUT2D eigenvalue weighted by Gasteiger charge is 2.12. The highest BCUT2D eigenvalue weighted by Crippen LogP contribution is 2.35. The number of benzene rings is 1. The number of hydrogen-bond donors (Lipinski definition) is 1. The van der Waals surface area contributed by atoms with Crippen molar-refractivity contribution in [2.24, 2.45) is 0 Å². The fourth-order valence-electron chi connectivity index (χ4n) is 2.41. The van der Waals surface area contributed by atoms with Gasteiger partial charge in [0.1, 0.15) is 5.75 Å². The molecule has 0 aliphatic heterocycles. The van der Waals surface area contributed by atoms with E-state index in [2.05, 4.69) is 35.2 Å². The van der Waals surface area contributed by atoms with Crippen molar-refractivity contribution in [2.75, 3.05) is 12.4 Å². The minimum Gasteiger partial charge on any atom is -0.496 e. The Morgan fingerprint density at radius 2 is 1.95 bits per heavy atom. The molecule has 0 atom stereocenters. The number of thiazole rings is 1. The van der Waals surface area contributed by atoms with E-state index in [9.17, 15) is 0 Å². The molecule has 108 valence electrons. The smallest absolute Gasteiger partial charge is 0.172 e. The Labute approximate surface area is 127 Å². The lowest BCUT2D eigenvalue weighted by Gasteiger charge is -2.15. The Kier molecular flexibility index (Phi) is 3.51. The molecule has 3 rings (SSSR count). The van der Waals surface area contributed by atoms with Crippen LogP contribution in [0.25, 0.3) is 10.3 Å². The van der Waals surface area contributed by atoms with Gasteiger partial charge in [0, 0.05) is 17.4 Å². The molecular formula is C16H17N3OS. The first kappa shape index (κ1) is 13.8. The molecule has 4 nitrogen and oxygen atoms in total. The number of anilines is 2. The van der Waals surface area contributed by atoms with Gasteiger partial charge in [-0.1, -0.05) is 6.07 Å². The van der Waals surface area contributed by atoms with E-state index in [0.29, 0.717) is 0 Å². The number of pyridine rings is 1. The van der Waals surface area contributed by atoms with Crippen LogP contribution in [0, 0.1) is 20.8 Å². The van der Waals surface area contributed by atoms with Gasteiger partial charge in [-0.05, 0) is 38.5 Å². The summed E-state index contributed by atoms with van der Waals surface area (Å²) >= 11 is 1.65. The van der Waals surface area contributed by atoms with Crippen molar-refractivity contribution in [3.63, 3.8) is 0 Å².